The molecular weight excluding hydrogens is 472 g/mol. The number of fused-ring (bicyclic) bond motifs is 1. The lowest BCUT2D eigenvalue weighted by Gasteiger charge is -2.55. The Kier molecular flexibility index (Phi) is 8.38. The number of piperidine rings is 1. The Morgan fingerprint density at radius 1 is 1.08 bits per heavy atom. The molecule has 0 N–H and O–H groups in total. The van der Waals surface area contributed by atoms with Crippen molar-refractivity contribution in [3.05, 3.63) is 24.0 Å². The van der Waals surface area contributed by atoms with Gasteiger partial charge < -0.3 is 14.7 Å². The van der Waals surface area contributed by atoms with E-state index in [9.17, 15) is 14.4 Å². The van der Waals surface area contributed by atoms with Gasteiger partial charge in [0.1, 0.15) is 6.04 Å². The third kappa shape index (κ3) is 5.90. The fourth-order valence-electron chi connectivity index (χ4n) is 5.62. The highest BCUT2D eigenvalue weighted by molar-refractivity contribution is 5.95. The molecule has 0 aromatic carbocycles. The van der Waals surface area contributed by atoms with Gasteiger partial charge in [-0.05, 0) is 69.8 Å². The number of carbonyl (C=O) groups is 3. The molecule has 0 bridgehead atoms. The molecule has 37 heavy (non-hydrogen) atoms. The lowest BCUT2D eigenvalue weighted by Crippen LogP contribution is -2.74. The van der Waals surface area contributed by atoms with Gasteiger partial charge in [0, 0.05) is 25.4 Å². The number of hydrogen-bond acceptors (Lipinski definition) is 6. The number of hydroxylamine groups is 2. The maximum Gasteiger partial charge on any atom is 0.272 e. The van der Waals surface area contributed by atoms with Crippen molar-refractivity contribution in [1.29, 1.82) is 0 Å². The molecule has 10 heteroatoms. The number of piperazine rings is 1. The van der Waals surface area contributed by atoms with E-state index < -0.39 is 18.3 Å². The van der Waals surface area contributed by atoms with E-state index in [4.69, 9.17) is 4.84 Å². The highest BCUT2D eigenvalue weighted by atomic mass is 16.7. The smallest absolute Gasteiger partial charge is 0.272 e. The van der Waals surface area contributed by atoms with Crippen LogP contribution >= 0.6 is 0 Å². The average molecular weight is 515 g/mol. The number of hydrogen-bond donors (Lipinski definition) is 0. The van der Waals surface area contributed by atoms with Crippen molar-refractivity contribution in [3.63, 3.8) is 0 Å². The second-order valence-corrected chi connectivity index (χ2v) is 11.5. The summed E-state index contributed by atoms with van der Waals surface area (Å²) in [4.78, 5) is 53.3. The molecule has 204 valence electrons. The molecule has 1 aromatic rings. The average Bonchev–Trinajstić information content (AvgIpc) is 3.25. The molecule has 1 aromatic heterocycles. The first-order valence-corrected chi connectivity index (χ1v) is 13.5. The maximum atomic E-state index is 13.9. The molecule has 0 aliphatic carbocycles. The van der Waals surface area contributed by atoms with Gasteiger partial charge >= 0.3 is 0 Å². The van der Waals surface area contributed by atoms with E-state index >= 15 is 0 Å². The van der Waals surface area contributed by atoms with E-state index in [1.54, 1.807) is 21.9 Å². The summed E-state index contributed by atoms with van der Waals surface area (Å²) in [7, 11) is 3.90. The highest BCUT2D eigenvalue weighted by Crippen LogP contribution is 2.34. The minimum atomic E-state index is -0.803. The van der Waals surface area contributed by atoms with Gasteiger partial charge in [-0.2, -0.15) is 10.2 Å². The number of carbonyl (C=O) groups excluding carboxylic acids is 3. The van der Waals surface area contributed by atoms with Gasteiger partial charge in [0.05, 0.1) is 12.2 Å². The van der Waals surface area contributed by atoms with Crippen LogP contribution < -0.4 is 0 Å². The van der Waals surface area contributed by atoms with Gasteiger partial charge in [0.2, 0.25) is 5.91 Å². The standard InChI is InChI=1S/C27H42N6O4/c1-18(2)15-22-26(35)31(21-10-13-29(5)14-11-21)17-24-32(22)27(36)23(16-19(3)4)37-33(24)25(34)8-7-20-9-12-28-30(20)6/h7-9,12,18-19,21-24H,10-11,13-17H2,1-6H3/b8-7+/t22-,23+,24-/m0/s1. The Balaban J connectivity index is 1.68. The zero-order chi connectivity index (χ0) is 26.9. The molecule has 3 saturated heterocycles. The zero-order valence-corrected chi connectivity index (χ0v) is 23.0. The van der Waals surface area contributed by atoms with Crippen LogP contribution in [0.2, 0.25) is 0 Å². The van der Waals surface area contributed by atoms with E-state index in [1.165, 1.54) is 11.1 Å². The Hall–Kier alpha value is -2.72. The van der Waals surface area contributed by atoms with Crippen LogP contribution in [0.25, 0.3) is 6.08 Å². The summed E-state index contributed by atoms with van der Waals surface area (Å²) < 4.78 is 1.68. The molecule has 4 heterocycles. The van der Waals surface area contributed by atoms with E-state index in [2.05, 4.69) is 30.9 Å². The van der Waals surface area contributed by atoms with Crippen LogP contribution in [0.5, 0.6) is 0 Å². The Morgan fingerprint density at radius 2 is 1.76 bits per heavy atom. The Morgan fingerprint density at radius 3 is 2.35 bits per heavy atom. The molecule has 4 rings (SSSR count). The number of nitrogens with zero attached hydrogens (tertiary/aromatic N) is 6. The quantitative estimate of drug-likeness (QED) is 0.518. The predicted molar refractivity (Wildman–Crippen MR) is 140 cm³/mol. The third-order valence-electron chi connectivity index (χ3n) is 7.61. The summed E-state index contributed by atoms with van der Waals surface area (Å²) in [5.74, 6) is -0.151. The molecule has 3 fully saturated rings. The largest absolute Gasteiger partial charge is 0.334 e. The molecule has 3 aliphatic heterocycles. The van der Waals surface area contributed by atoms with Crippen LogP contribution in [-0.4, -0.2) is 98.3 Å². The van der Waals surface area contributed by atoms with Crippen LogP contribution in [-0.2, 0) is 26.3 Å². The summed E-state index contributed by atoms with van der Waals surface area (Å²) in [6.45, 7) is 10.3. The first kappa shape index (κ1) is 27.3. The van der Waals surface area contributed by atoms with E-state index in [0.29, 0.717) is 12.8 Å². The molecule has 0 spiro atoms. The molecule has 0 saturated carbocycles. The Bertz CT molecular complexity index is 1010. The summed E-state index contributed by atoms with van der Waals surface area (Å²) in [5, 5.41) is 5.50. The zero-order valence-electron chi connectivity index (χ0n) is 23.0. The molecule has 3 atom stereocenters. The normalized spacial score (nSPS) is 26.2. The van der Waals surface area contributed by atoms with E-state index in [0.717, 1.165) is 31.6 Å². The lowest BCUT2D eigenvalue weighted by atomic mass is 9.93. The molecule has 3 amide bonds. The van der Waals surface area contributed by atoms with Crippen molar-refractivity contribution in [3.8, 4) is 0 Å². The first-order valence-electron chi connectivity index (χ1n) is 13.5. The van der Waals surface area contributed by atoms with Crippen LogP contribution in [0.1, 0.15) is 59.1 Å². The van der Waals surface area contributed by atoms with E-state index in [-0.39, 0.29) is 42.1 Å². The van der Waals surface area contributed by atoms with Crippen molar-refractivity contribution >= 4 is 23.8 Å². The van der Waals surface area contributed by atoms with Crippen molar-refractivity contribution in [1.82, 2.24) is 29.5 Å². The lowest BCUT2D eigenvalue weighted by molar-refractivity contribution is -0.275. The molecule has 10 nitrogen and oxygen atoms in total. The minimum Gasteiger partial charge on any atom is -0.334 e. The van der Waals surface area contributed by atoms with Gasteiger partial charge in [0.25, 0.3) is 11.8 Å². The molecule has 3 aliphatic rings. The summed E-state index contributed by atoms with van der Waals surface area (Å²) in [5.41, 5.74) is 0.779. The number of likely N-dealkylation sites (tertiary alicyclic amines) is 1. The van der Waals surface area contributed by atoms with Crippen molar-refractivity contribution in [2.75, 3.05) is 26.7 Å². The number of aryl methyl sites for hydroxylation is 1. The second-order valence-electron chi connectivity index (χ2n) is 11.5. The molecular formula is C27H42N6O4. The van der Waals surface area contributed by atoms with Gasteiger partial charge in [-0.25, -0.2) is 0 Å². The van der Waals surface area contributed by atoms with Crippen molar-refractivity contribution in [2.45, 2.75) is 77.7 Å². The maximum absolute atomic E-state index is 13.9. The monoisotopic (exact) mass is 514 g/mol. The van der Waals surface area contributed by atoms with E-state index in [1.807, 2.05) is 31.9 Å². The van der Waals surface area contributed by atoms with Gasteiger partial charge in [-0.1, -0.05) is 27.7 Å². The number of aromatic nitrogens is 2. The van der Waals surface area contributed by atoms with Crippen molar-refractivity contribution in [2.24, 2.45) is 18.9 Å². The summed E-state index contributed by atoms with van der Waals surface area (Å²) >= 11 is 0. The summed E-state index contributed by atoms with van der Waals surface area (Å²) in [6.07, 6.45) is 6.14. The fourth-order valence-corrected chi connectivity index (χ4v) is 5.62. The molecule has 0 unspecified atom stereocenters. The number of rotatable bonds is 7. The fraction of sp³-hybridized carbons (Fsp3) is 0.704. The number of amides is 3. The van der Waals surface area contributed by atoms with Crippen LogP contribution in [0, 0.1) is 11.8 Å². The van der Waals surface area contributed by atoms with Gasteiger partial charge in [-0.15, -0.1) is 0 Å². The minimum absolute atomic E-state index is 0.00382. The topological polar surface area (TPSA) is 91.2 Å². The SMILES string of the molecule is CC(C)C[C@H]1ON(C(=O)/C=C/c2ccnn2C)[C@H]2CN(C3CCN(C)CC3)C(=O)[C@H](CC(C)C)N2C1=O. The highest BCUT2D eigenvalue weighted by Gasteiger charge is 2.53. The first-order chi connectivity index (χ1) is 17.6. The Labute approximate surface area is 220 Å². The molecule has 0 radical (unpaired) electrons. The van der Waals surface area contributed by atoms with Crippen LogP contribution in [0.15, 0.2) is 18.3 Å². The van der Waals surface area contributed by atoms with Gasteiger partial charge in [0.15, 0.2) is 12.3 Å². The summed E-state index contributed by atoms with van der Waals surface area (Å²) in [6, 6.07) is 1.30. The third-order valence-corrected chi connectivity index (χ3v) is 7.61. The predicted octanol–water partition coefficient (Wildman–Crippen LogP) is 2.13. The van der Waals surface area contributed by atoms with Crippen LogP contribution in [0.3, 0.4) is 0 Å². The van der Waals surface area contributed by atoms with Crippen LogP contribution in [0.4, 0.5) is 0 Å². The second kappa shape index (κ2) is 11.3. The van der Waals surface area contributed by atoms with Crippen molar-refractivity contribution < 1.29 is 19.2 Å². The van der Waals surface area contributed by atoms with Gasteiger partial charge in [-0.3, -0.25) is 23.9 Å².